The smallest absolute Gasteiger partial charge is 0.282 e. The number of alkyl halides is 2. The molecule has 1 aromatic heterocycles. The summed E-state index contributed by atoms with van der Waals surface area (Å²) >= 11 is 0. The van der Waals surface area contributed by atoms with Gasteiger partial charge < -0.3 is 5.32 Å². The highest BCUT2D eigenvalue weighted by Gasteiger charge is 2.63. The zero-order chi connectivity index (χ0) is 18.0. The molecule has 4 rings (SSSR count). The number of aromatic nitrogens is 2. The van der Waals surface area contributed by atoms with Gasteiger partial charge in [-0.2, -0.15) is 5.10 Å². The molecule has 1 heterocycles. The summed E-state index contributed by atoms with van der Waals surface area (Å²) in [7, 11) is 1.55. The minimum absolute atomic E-state index is 0.0217. The summed E-state index contributed by atoms with van der Waals surface area (Å²) < 4.78 is 27.8. The van der Waals surface area contributed by atoms with E-state index in [-0.39, 0.29) is 11.0 Å². The maximum Gasteiger partial charge on any atom is 0.282 e. The molecule has 4 nitrogen and oxygen atoms in total. The average Bonchev–Trinajstić information content (AvgIpc) is 3.12. The number of allylic oxidation sites excluding steroid dienone is 3. The van der Waals surface area contributed by atoms with E-state index in [1.54, 1.807) is 7.05 Å². The lowest BCUT2D eigenvalue weighted by Gasteiger charge is -2.42. The van der Waals surface area contributed by atoms with Crippen molar-refractivity contribution in [2.75, 3.05) is 0 Å². The van der Waals surface area contributed by atoms with Crippen LogP contribution in [0.3, 0.4) is 0 Å². The third kappa shape index (κ3) is 2.09. The van der Waals surface area contributed by atoms with E-state index in [4.69, 9.17) is 0 Å². The van der Waals surface area contributed by atoms with E-state index in [0.29, 0.717) is 5.92 Å². The number of fused-ring (bicyclic) bond motifs is 4. The Morgan fingerprint density at radius 2 is 2.20 bits per heavy atom. The van der Waals surface area contributed by atoms with Gasteiger partial charge in [0.05, 0.1) is 11.1 Å². The van der Waals surface area contributed by atoms with E-state index in [2.05, 4.69) is 36.4 Å². The second kappa shape index (κ2) is 5.26. The lowest BCUT2D eigenvalue weighted by Crippen LogP contribution is -2.55. The van der Waals surface area contributed by atoms with E-state index in [9.17, 15) is 13.6 Å². The van der Waals surface area contributed by atoms with E-state index in [1.165, 1.54) is 22.0 Å². The van der Waals surface area contributed by atoms with Crippen molar-refractivity contribution in [3.05, 3.63) is 40.8 Å². The molecule has 0 aliphatic heterocycles. The third-order valence-corrected chi connectivity index (χ3v) is 6.51. The Labute approximate surface area is 146 Å². The Morgan fingerprint density at radius 1 is 1.44 bits per heavy atom. The fourth-order valence-corrected chi connectivity index (χ4v) is 5.30. The number of aryl methyl sites for hydroxylation is 1. The zero-order valence-electron chi connectivity index (χ0n) is 14.8. The molecule has 0 spiro atoms. The molecule has 2 bridgehead atoms. The minimum atomic E-state index is -2.76. The van der Waals surface area contributed by atoms with Crippen molar-refractivity contribution >= 4 is 5.91 Å². The van der Waals surface area contributed by atoms with Gasteiger partial charge in [0.15, 0.2) is 0 Å². The maximum absolute atomic E-state index is 13.2. The highest BCUT2D eigenvalue weighted by Crippen LogP contribution is 2.64. The van der Waals surface area contributed by atoms with Crippen LogP contribution in [0.1, 0.15) is 62.0 Å². The van der Waals surface area contributed by atoms with Gasteiger partial charge in [0, 0.05) is 13.2 Å². The monoisotopic (exact) mass is 347 g/mol. The second-order valence-corrected chi connectivity index (χ2v) is 7.95. The Balaban J connectivity index is 1.73. The molecule has 0 radical (unpaired) electrons. The number of hydrogen-bond donors (Lipinski definition) is 1. The summed E-state index contributed by atoms with van der Waals surface area (Å²) in [6.07, 6.45) is 6.81. The highest BCUT2D eigenvalue weighted by molar-refractivity contribution is 5.96. The first-order valence-electron chi connectivity index (χ1n) is 8.82. The highest BCUT2D eigenvalue weighted by atomic mass is 19.3. The molecule has 1 fully saturated rings. The van der Waals surface area contributed by atoms with Crippen LogP contribution >= 0.6 is 0 Å². The van der Waals surface area contributed by atoms with Crippen molar-refractivity contribution in [2.24, 2.45) is 18.4 Å². The minimum Gasteiger partial charge on any atom is -0.342 e. The fraction of sp³-hybridized carbons (Fsp3) is 0.579. The van der Waals surface area contributed by atoms with Crippen LogP contribution in [-0.4, -0.2) is 21.2 Å². The molecule has 25 heavy (non-hydrogen) atoms. The van der Waals surface area contributed by atoms with Gasteiger partial charge in [0.25, 0.3) is 12.3 Å². The molecule has 1 unspecified atom stereocenters. The molecule has 0 saturated heterocycles. The summed E-state index contributed by atoms with van der Waals surface area (Å²) in [5.74, 6) is -0.0248. The number of amides is 1. The molecular formula is C19H23F2N3O. The van der Waals surface area contributed by atoms with Crippen molar-refractivity contribution in [2.45, 2.75) is 51.5 Å². The van der Waals surface area contributed by atoms with Crippen LogP contribution < -0.4 is 5.32 Å². The van der Waals surface area contributed by atoms with E-state index >= 15 is 0 Å². The normalized spacial score (nSPS) is 29.4. The van der Waals surface area contributed by atoms with Crippen molar-refractivity contribution in [1.82, 2.24) is 15.1 Å². The Hall–Kier alpha value is -1.98. The Bertz CT molecular complexity index is 806. The van der Waals surface area contributed by atoms with Crippen LogP contribution in [0.15, 0.2) is 29.5 Å². The van der Waals surface area contributed by atoms with Gasteiger partial charge in [-0.05, 0) is 48.2 Å². The standard InChI is InChI=1S/C19H23F2N3O/c1-18(2)13-8-9-19(18,14-7-5-4-6-11(13)14)22-17(25)12-10-24(3)23-15(12)16(20)21/h4,6,10,13,16H,5,7-9H2,1-3H3,(H,22,25)/t13?,19-/m1/s1. The number of nitrogens with zero attached hydrogens (tertiary/aromatic N) is 2. The molecular weight excluding hydrogens is 324 g/mol. The largest absolute Gasteiger partial charge is 0.342 e. The summed E-state index contributed by atoms with van der Waals surface area (Å²) in [6, 6.07) is 0. The van der Waals surface area contributed by atoms with Gasteiger partial charge in [0.1, 0.15) is 5.69 Å². The predicted octanol–water partition coefficient (Wildman–Crippen LogP) is 3.92. The number of carbonyl (C=O) groups is 1. The fourth-order valence-electron chi connectivity index (χ4n) is 5.30. The van der Waals surface area contributed by atoms with Crippen molar-refractivity contribution in [3.63, 3.8) is 0 Å². The number of nitrogens with one attached hydrogen (secondary N) is 1. The number of rotatable bonds is 3. The van der Waals surface area contributed by atoms with Crippen molar-refractivity contribution in [1.29, 1.82) is 0 Å². The molecule has 2 atom stereocenters. The summed E-state index contributed by atoms with van der Waals surface area (Å²) in [4.78, 5) is 12.9. The first kappa shape index (κ1) is 16.5. The molecule has 3 aliphatic carbocycles. The quantitative estimate of drug-likeness (QED) is 0.901. The van der Waals surface area contributed by atoms with E-state index in [1.807, 2.05) is 0 Å². The second-order valence-electron chi connectivity index (χ2n) is 7.95. The molecule has 134 valence electrons. The zero-order valence-corrected chi connectivity index (χ0v) is 14.8. The van der Waals surface area contributed by atoms with Gasteiger partial charge in [-0.1, -0.05) is 26.0 Å². The molecule has 0 aromatic carbocycles. The molecule has 1 saturated carbocycles. The number of carbonyl (C=O) groups excluding carboxylic acids is 1. The van der Waals surface area contributed by atoms with Gasteiger partial charge in [-0.15, -0.1) is 0 Å². The summed E-state index contributed by atoms with van der Waals surface area (Å²) in [6.45, 7) is 4.38. The first-order valence-corrected chi connectivity index (χ1v) is 8.82. The van der Waals surface area contributed by atoms with E-state index in [0.717, 1.165) is 25.7 Å². The van der Waals surface area contributed by atoms with Crippen LogP contribution in [0.25, 0.3) is 0 Å². The lowest BCUT2D eigenvalue weighted by atomic mass is 9.72. The van der Waals surface area contributed by atoms with Crippen LogP contribution in [0.5, 0.6) is 0 Å². The van der Waals surface area contributed by atoms with Gasteiger partial charge >= 0.3 is 0 Å². The number of hydrogen-bond acceptors (Lipinski definition) is 2. The SMILES string of the molecule is Cn1cc(C(=O)N[C@]23CCC(C4=C2CCC=C4)C3(C)C)c(C(F)F)n1. The number of halogens is 2. The topological polar surface area (TPSA) is 46.9 Å². The molecule has 1 aromatic rings. The van der Waals surface area contributed by atoms with Crippen LogP contribution in [0, 0.1) is 11.3 Å². The Kier molecular flexibility index (Phi) is 3.47. The van der Waals surface area contributed by atoms with Gasteiger partial charge in [0.2, 0.25) is 0 Å². The molecule has 6 heteroatoms. The summed E-state index contributed by atoms with van der Waals surface area (Å²) in [5.41, 5.74) is 1.63. The predicted molar refractivity (Wildman–Crippen MR) is 90.3 cm³/mol. The van der Waals surface area contributed by atoms with Crippen molar-refractivity contribution in [3.8, 4) is 0 Å². The van der Waals surface area contributed by atoms with Crippen molar-refractivity contribution < 1.29 is 13.6 Å². The summed E-state index contributed by atoms with van der Waals surface area (Å²) in [5, 5.41) is 6.95. The van der Waals surface area contributed by atoms with Crippen LogP contribution in [0.4, 0.5) is 8.78 Å². The first-order chi connectivity index (χ1) is 11.8. The third-order valence-electron chi connectivity index (χ3n) is 6.51. The lowest BCUT2D eigenvalue weighted by molar-refractivity contribution is 0.0833. The van der Waals surface area contributed by atoms with Crippen LogP contribution in [0.2, 0.25) is 0 Å². The van der Waals surface area contributed by atoms with E-state index < -0.39 is 23.6 Å². The van der Waals surface area contributed by atoms with Gasteiger partial charge in [-0.25, -0.2) is 8.78 Å². The molecule has 1 amide bonds. The maximum atomic E-state index is 13.2. The molecule has 1 N–H and O–H groups in total. The average molecular weight is 347 g/mol. The van der Waals surface area contributed by atoms with Crippen LogP contribution in [-0.2, 0) is 7.05 Å². The van der Waals surface area contributed by atoms with Gasteiger partial charge in [-0.3, -0.25) is 9.48 Å². The Morgan fingerprint density at radius 3 is 2.92 bits per heavy atom. The molecule has 3 aliphatic rings.